The number of hydrogen-bond acceptors (Lipinski definition) is 0. The lowest BCUT2D eigenvalue weighted by Crippen LogP contribution is -2.24. The molecule has 0 amide bonds. The van der Waals surface area contributed by atoms with Gasteiger partial charge in [-0.3, -0.25) is 0 Å². The zero-order chi connectivity index (χ0) is 9.04. The van der Waals surface area contributed by atoms with Crippen LogP contribution in [-0.4, -0.2) is 15.0 Å². The average Bonchev–Trinajstić information content (AvgIpc) is 2.41. The van der Waals surface area contributed by atoms with E-state index in [-0.39, 0.29) is 8.65 Å². The summed E-state index contributed by atoms with van der Waals surface area (Å²) in [5.41, 5.74) is 0.435. The molecule has 0 aromatic carbocycles. The van der Waals surface area contributed by atoms with Crippen molar-refractivity contribution in [3.8, 4) is 0 Å². The summed E-state index contributed by atoms with van der Waals surface area (Å²) in [7, 11) is 0. The van der Waals surface area contributed by atoms with Crippen molar-refractivity contribution in [2.45, 2.75) is 22.5 Å². The Morgan fingerprint density at radius 3 is 1.67 bits per heavy atom. The lowest BCUT2D eigenvalue weighted by atomic mass is 9.76. The number of hydrogen-bond donors (Lipinski definition) is 0. The van der Waals surface area contributed by atoms with Crippen molar-refractivity contribution in [3.63, 3.8) is 0 Å². The summed E-state index contributed by atoms with van der Waals surface area (Å²) in [6.45, 7) is 0. The molecule has 4 heteroatoms. The Balaban J connectivity index is 2.29. The molecule has 0 unspecified atom stereocenters. The molecule has 12 heavy (non-hydrogen) atoms. The van der Waals surface area contributed by atoms with E-state index in [2.05, 4.69) is 31.9 Å². The van der Waals surface area contributed by atoms with Gasteiger partial charge in [-0.1, -0.05) is 38.3 Å². The number of alkyl halides is 4. The molecule has 0 saturated heterocycles. The van der Waals surface area contributed by atoms with E-state index in [4.69, 9.17) is 23.2 Å². The molecule has 0 atom stereocenters. The molecule has 0 aromatic rings. The second-order valence-corrected chi connectivity index (χ2v) is 7.84. The molecular weight excluding hydrogens is 327 g/mol. The van der Waals surface area contributed by atoms with Crippen molar-refractivity contribution in [2.75, 3.05) is 11.8 Å². The highest BCUT2D eigenvalue weighted by Crippen LogP contribution is 2.87. The first-order chi connectivity index (χ1) is 5.58. The van der Waals surface area contributed by atoms with Crippen molar-refractivity contribution >= 4 is 55.1 Å². The fraction of sp³-hybridized carbons (Fsp3) is 1.00. The Hall–Kier alpha value is 1.54. The van der Waals surface area contributed by atoms with Crippen LogP contribution in [0.25, 0.3) is 0 Å². The van der Waals surface area contributed by atoms with E-state index in [0.29, 0.717) is 17.2 Å². The monoisotopic (exact) mass is 334 g/mol. The minimum atomic E-state index is 0.0156. The van der Waals surface area contributed by atoms with Crippen LogP contribution in [0.15, 0.2) is 0 Å². The fourth-order valence-corrected chi connectivity index (χ4v) is 7.04. The maximum Gasteiger partial charge on any atom is 0.0953 e. The van der Waals surface area contributed by atoms with Gasteiger partial charge in [0.2, 0.25) is 0 Å². The summed E-state index contributed by atoms with van der Waals surface area (Å²) in [4.78, 5) is 0. The smallest absolute Gasteiger partial charge is 0.0953 e. The van der Waals surface area contributed by atoms with Gasteiger partial charge in [-0.25, -0.2) is 0 Å². The van der Waals surface area contributed by atoms with Crippen molar-refractivity contribution < 1.29 is 0 Å². The number of halogens is 4. The number of rotatable bonds is 2. The zero-order valence-electron chi connectivity index (χ0n) is 6.55. The predicted octanol–water partition coefficient (Wildman–Crippen LogP) is 4.12. The van der Waals surface area contributed by atoms with Gasteiger partial charge < -0.3 is 0 Å². The quantitative estimate of drug-likeness (QED) is 0.665. The van der Waals surface area contributed by atoms with Gasteiger partial charge in [0.05, 0.1) is 3.23 Å². The molecule has 0 radical (unpaired) electrons. The molecule has 2 aliphatic carbocycles. The Morgan fingerprint density at radius 1 is 1.08 bits per heavy atom. The van der Waals surface area contributed by atoms with Gasteiger partial charge in [0.25, 0.3) is 0 Å². The first-order valence-electron chi connectivity index (χ1n) is 4.08. The third-order valence-electron chi connectivity index (χ3n) is 3.72. The van der Waals surface area contributed by atoms with Gasteiger partial charge >= 0.3 is 0 Å². The lowest BCUT2D eigenvalue weighted by Gasteiger charge is -2.30. The van der Waals surface area contributed by atoms with Gasteiger partial charge in [0.1, 0.15) is 0 Å². The van der Waals surface area contributed by atoms with E-state index < -0.39 is 0 Å². The standard InChI is InChI=1S/C8H10Br2Cl2/c9-8(10)6(2-1-3-6)7(8,4-11)5-12/h1-5H2. The summed E-state index contributed by atoms with van der Waals surface area (Å²) in [5.74, 6) is 1.29. The normalized spacial score (nSPS) is 33.0. The molecule has 0 heterocycles. The van der Waals surface area contributed by atoms with Crippen LogP contribution in [0.2, 0.25) is 0 Å². The first-order valence-corrected chi connectivity index (χ1v) is 6.73. The minimum absolute atomic E-state index is 0.0156. The third kappa shape index (κ3) is 0.780. The summed E-state index contributed by atoms with van der Waals surface area (Å²) in [6, 6.07) is 0. The molecule has 1 spiro atoms. The fourth-order valence-electron chi connectivity index (χ4n) is 2.52. The van der Waals surface area contributed by atoms with Crippen molar-refractivity contribution in [3.05, 3.63) is 0 Å². The SMILES string of the molecule is ClCC1(CCl)C(Br)(Br)C12CCC2. The molecular formula is C8H10Br2Cl2. The van der Waals surface area contributed by atoms with Crippen molar-refractivity contribution in [1.82, 2.24) is 0 Å². The van der Waals surface area contributed by atoms with Crippen molar-refractivity contribution in [1.29, 1.82) is 0 Å². The van der Waals surface area contributed by atoms with E-state index in [9.17, 15) is 0 Å². The molecule has 2 rings (SSSR count). The molecule has 70 valence electrons. The van der Waals surface area contributed by atoms with Crippen LogP contribution in [0.1, 0.15) is 19.3 Å². The van der Waals surface area contributed by atoms with Crippen LogP contribution in [0.5, 0.6) is 0 Å². The Kier molecular flexibility index (Phi) is 2.33. The van der Waals surface area contributed by atoms with Gasteiger partial charge in [-0.2, -0.15) is 0 Å². The Labute approximate surface area is 99.6 Å². The second kappa shape index (κ2) is 2.77. The zero-order valence-corrected chi connectivity index (χ0v) is 11.2. The van der Waals surface area contributed by atoms with Crippen LogP contribution >= 0.6 is 55.1 Å². The van der Waals surface area contributed by atoms with Crippen LogP contribution in [0.3, 0.4) is 0 Å². The van der Waals surface area contributed by atoms with Crippen LogP contribution in [0.4, 0.5) is 0 Å². The highest BCUT2D eigenvalue weighted by atomic mass is 79.9. The van der Waals surface area contributed by atoms with Crippen LogP contribution in [0, 0.1) is 10.8 Å². The predicted molar refractivity (Wildman–Crippen MR) is 60.7 cm³/mol. The average molecular weight is 337 g/mol. The Bertz CT molecular complexity index is 207. The van der Waals surface area contributed by atoms with Crippen molar-refractivity contribution in [2.24, 2.45) is 10.8 Å². The van der Waals surface area contributed by atoms with Gasteiger partial charge in [0, 0.05) is 22.6 Å². The second-order valence-electron chi connectivity index (χ2n) is 3.86. The van der Waals surface area contributed by atoms with Crippen LogP contribution in [-0.2, 0) is 0 Å². The molecule has 2 saturated carbocycles. The van der Waals surface area contributed by atoms with E-state index in [1.807, 2.05) is 0 Å². The molecule has 0 aromatic heterocycles. The van der Waals surface area contributed by atoms with Gasteiger partial charge in [-0.05, 0) is 12.8 Å². The van der Waals surface area contributed by atoms with E-state index >= 15 is 0 Å². The Morgan fingerprint density at radius 2 is 1.58 bits per heavy atom. The molecule has 2 aliphatic rings. The van der Waals surface area contributed by atoms with Gasteiger partial charge in [0.15, 0.2) is 0 Å². The molecule has 0 aliphatic heterocycles. The van der Waals surface area contributed by atoms with Gasteiger partial charge in [-0.15, -0.1) is 23.2 Å². The molecule has 0 nitrogen and oxygen atoms in total. The lowest BCUT2D eigenvalue weighted by molar-refractivity contribution is 0.225. The maximum absolute atomic E-state index is 5.99. The maximum atomic E-state index is 5.99. The molecule has 0 N–H and O–H groups in total. The summed E-state index contributed by atoms with van der Waals surface area (Å²) in [6.07, 6.45) is 3.82. The topological polar surface area (TPSA) is 0 Å². The highest BCUT2D eigenvalue weighted by Gasteiger charge is 2.85. The third-order valence-corrected chi connectivity index (χ3v) is 7.67. The molecule has 0 bridgehead atoms. The molecule has 2 fully saturated rings. The first kappa shape index (κ1) is 10.1. The largest absolute Gasteiger partial charge is 0.126 e. The summed E-state index contributed by atoms with van der Waals surface area (Å²) >= 11 is 19.4. The van der Waals surface area contributed by atoms with E-state index in [1.165, 1.54) is 19.3 Å². The summed E-state index contributed by atoms with van der Waals surface area (Å²) in [5, 5.41) is 0. The minimum Gasteiger partial charge on any atom is -0.126 e. The van der Waals surface area contributed by atoms with Crippen LogP contribution < -0.4 is 0 Å². The summed E-state index contributed by atoms with van der Waals surface area (Å²) < 4.78 is 0.0156. The van der Waals surface area contributed by atoms with E-state index in [0.717, 1.165) is 0 Å². The highest BCUT2D eigenvalue weighted by molar-refractivity contribution is 9.25. The van der Waals surface area contributed by atoms with E-state index in [1.54, 1.807) is 0 Å².